The van der Waals surface area contributed by atoms with Crippen molar-refractivity contribution in [2.45, 2.75) is 85.0 Å². The molecular formula is C38H40F2N8O5. The van der Waals surface area contributed by atoms with E-state index in [1.807, 2.05) is 0 Å². The summed E-state index contributed by atoms with van der Waals surface area (Å²) in [6.07, 6.45) is 8.82. The van der Waals surface area contributed by atoms with Crippen molar-refractivity contribution in [3.05, 3.63) is 77.4 Å². The number of hydrogen-bond donors (Lipinski definition) is 1. The van der Waals surface area contributed by atoms with Crippen molar-refractivity contribution in [2.24, 2.45) is 10.8 Å². The van der Waals surface area contributed by atoms with Crippen molar-refractivity contribution in [2.75, 3.05) is 13.2 Å². The van der Waals surface area contributed by atoms with Crippen molar-refractivity contribution in [3.8, 4) is 11.3 Å². The fourth-order valence-electron chi connectivity index (χ4n) is 7.34. The van der Waals surface area contributed by atoms with Crippen molar-refractivity contribution >= 4 is 34.3 Å². The van der Waals surface area contributed by atoms with E-state index in [1.165, 1.54) is 29.9 Å². The molecule has 3 aliphatic rings. The lowest BCUT2D eigenvalue weighted by Crippen LogP contribution is -2.45. The van der Waals surface area contributed by atoms with Crippen LogP contribution in [-0.4, -0.2) is 83.2 Å². The third-order valence-electron chi connectivity index (χ3n) is 10.5. The first-order chi connectivity index (χ1) is 25.1. The number of hydrogen-bond acceptors (Lipinski definition) is 10. The summed E-state index contributed by atoms with van der Waals surface area (Å²) in [5, 5.41) is 8.05. The molecule has 4 aromatic rings. The Labute approximate surface area is 304 Å². The molecule has 1 aliphatic carbocycles. The summed E-state index contributed by atoms with van der Waals surface area (Å²) in [6, 6.07) is 3.15. The maximum Gasteiger partial charge on any atom is 0.286 e. The summed E-state index contributed by atoms with van der Waals surface area (Å²) >= 11 is 0. The Bertz CT molecular complexity index is 2180. The fourth-order valence-corrected chi connectivity index (χ4v) is 7.34. The van der Waals surface area contributed by atoms with E-state index in [4.69, 9.17) is 4.74 Å². The molecular weight excluding hydrogens is 686 g/mol. The summed E-state index contributed by atoms with van der Waals surface area (Å²) in [7, 11) is 0. The van der Waals surface area contributed by atoms with Crippen LogP contribution in [0.1, 0.15) is 73.8 Å². The van der Waals surface area contributed by atoms with Gasteiger partial charge < -0.3 is 15.0 Å². The number of amides is 2. The number of ketones is 2. The van der Waals surface area contributed by atoms with Crippen molar-refractivity contribution in [1.82, 2.24) is 39.9 Å². The minimum Gasteiger partial charge on any atom is -0.373 e. The number of halogens is 2. The van der Waals surface area contributed by atoms with E-state index in [1.54, 1.807) is 56.3 Å². The summed E-state index contributed by atoms with van der Waals surface area (Å²) in [5.74, 6) is -3.94. The molecule has 13 nitrogen and oxygen atoms in total. The SMILES string of the molecule is CC(=O)c1nn(CC(=O)N2[C@H]3C[C@@]4(CNC(=O)C(C)(C)C=CCOCc5ccc(C(C)(F)F)nc5CC3=O)C[C@@H]24)c2cnc(-c3cnc(C)nc3)cc12. The molecule has 2 bridgehead atoms. The standard InChI is InChI=1S/C38H40F2N8O5/c1-21(49)34-25-11-26(24-15-41-22(2)42-16-24)43-17-29(25)47(46-34)18-33(51)48-28-13-38(14-32(38)48)20-44-35(52)36(3,4)9-6-10-53-19-23-7-8-31(37(5,39)40)45-27(23)12-30(28)50/h6-9,11,15-17,28,32H,10,12-14,18-20H2,1-5H3,(H,44,52)/t28-,32+,38-/m0/s1. The zero-order valence-corrected chi connectivity index (χ0v) is 30.2. The third kappa shape index (κ3) is 6.97. The number of nitrogens with one attached hydrogen (secondary N) is 1. The maximum atomic E-state index is 14.4. The van der Waals surface area contributed by atoms with Crippen LogP contribution in [0.4, 0.5) is 8.78 Å². The average Bonchev–Trinajstić information content (AvgIpc) is 3.52. The number of fused-ring (bicyclic) bond motifs is 3. The Kier molecular flexibility index (Phi) is 9.03. The highest BCUT2D eigenvalue weighted by molar-refractivity contribution is 6.05. The number of alkyl halides is 2. The highest BCUT2D eigenvalue weighted by Crippen LogP contribution is 2.59. The van der Waals surface area contributed by atoms with E-state index in [0.29, 0.717) is 40.0 Å². The number of nitrogens with zero attached hydrogens (tertiary/aromatic N) is 7. The first-order valence-corrected chi connectivity index (χ1v) is 17.5. The molecule has 1 spiro atoms. The van der Waals surface area contributed by atoms with Crippen LogP contribution >= 0.6 is 0 Å². The molecule has 0 unspecified atom stereocenters. The number of ether oxygens (including phenoxy) is 1. The third-order valence-corrected chi connectivity index (χ3v) is 10.5. The lowest BCUT2D eigenvalue weighted by atomic mass is 9.90. The van der Waals surface area contributed by atoms with Crippen molar-refractivity contribution in [3.63, 3.8) is 0 Å². The number of rotatable bonds is 5. The number of piperidine rings is 1. The van der Waals surface area contributed by atoms with Crippen molar-refractivity contribution < 1.29 is 32.7 Å². The van der Waals surface area contributed by atoms with E-state index in [9.17, 15) is 28.0 Å². The lowest BCUT2D eigenvalue weighted by molar-refractivity contribution is -0.139. The van der Waals surface area contributed by atoms with Gasteiger partial charge in [-0.1, -0.05) is 18.2 Å². The number of pyridine rings is 2. The number of aromatic nitrogens is 6. The van der Waals surface area contributed by atoms with Crippen molar-refractivity contribution in [1.29, 1.82) is 0 Å². The van der Waals surface area contributed by atoms with E-state index >= 15 is 0 Å². The molecule has 6 heterocycles. The highest BCUT2D eigenvalue weighted by Gasteiger charge is 2.67. The van der Waals surface area contributed by atoms with Crippen LogP contribution in [0.5, 0.6) is 0 Å². The number of carbonyl (C=O) groups excluding carboxylic acids is 4. The summed E-state index contributed by atoms with van der Waals surface area (Å²) in [5.41, 5.74) is 0.510. The molecule has 4 aromatic heterocycles. The minimum absolute atomic E-state index is 0.000436. The molecule has 53 heavy (non-hydrogen) atoms. The van der Waals surface area contributed by atoms with Crippen LogP contribution < -0.4 is 5.32 Å². The van der Waals surface area contributed by atoms with Gasteiger partial charge in [0.05, 0.1) is 54.2 Å². The Morgan fingerprint density at radius 1 is 1.09 bits per heavy atom. The Balaban J connectivity index is 1.23. The molecule has 2 aliphatic heterocycles. The van der Waals surface area contributed by atoms with E-state index in [2.05, 4.69) is 30.4 Å². The Hall–Kier alpha value is -5.31. The van der Waals surface area contributed by atoms with Gasteiger partial charge >= 0.3 is 0 Å². The number of likely N-dealkylation sites (tertiary alicyclic amines) is 1. The largest absolute Gasteiger partial charge is 0.373 e. The molecule has 1 saturated carbocycles. The average molecular weight is 727 g/mol. The van der Waals surface area contributed by atoms with Crippen LogP contribution in [0.15, 0.2) is 48.9 Å². The molecule has 3 atom stereocenters. The topological polar surface area (TPSA) is 162 Å². The van der Waals surface area contributed by atoms with Gasteiger partial charge in [0, 0.05) is 55.2 Å². The number of carbonyl (C=O) groups is 4. The second-order valence-electron chi connectivity index (χ2n) is 14.9. The van der Waals surface area contributed by atoms with E-state index in [-0.39, 0.29) is 74.0 Å². The molecule has 276 valence electrons. The zero-order valence-electron chi connectivity index (χ0n) is 30.2. The molecule has 1 N–H and O–H groups in total. The normalized spacial score (nSPS) is 23.0. The van der Waals surface area contributed by atoms with Crippen LogP contribution in [-0.2, 0) is 44.6 Å². The molecule has 7 rings (SSSR count). The quantitative estimate of drug-likeness (QED) is 0.232. The molecule has 2 amide bonds. The first-order valence-electron chi connectivity index (χ1n) is 17.5. The molecule has 0 radical (unpaired) electrons. The summed E-state index contributed by atoms with van der Waals surface area (Å²) in [4.78, 5) is 73.4. The first kappa shape index (κ1) is 36.1. The Morgan fingerprint density at radius 2 is 1.85 bits per heavy atom. The van der Waals surface area contributed by atoms with Gasteiger partial charge in [-0.3, -0.25) is 33.8 Å². The number of Topliss-reactive ketones (excluding diaryl/α,β-unsaturated/α-hetero) is 2. The zero-order chi connectivity index (χ0) is 37.9. The molecule has 15 heteroatoms. The van der Waals surface area contributed by atoms with Crippen LogP contribution in [0.2, 0.25) is 0 Å². The summed E-state index contributed by atoms with van der Waals surface area (Å²) < 4.78 is 36.0. The minimum atomic E-state index is -3.24. The van der Waals surface area contributed by atoms with E-state index < -0.39 is 34.4 Å². The monoisotopic (exact) mass is 726 g/mol. The van der Waals surface area contributed by atoms with Gasteiger partial charge in [-0.15, -0.1) is 0 Å². The van der Waals surface area contributed by atoms with Gasteiger partial charge in [0.2, 0.25) is 11.8 Å². The van der Waals surface area contributed by atoms with Gasteiger partial charge in [0.15, 0.2) is 11.6 Å². The number of aryl methyl sites for hydroxylation is 1. The molecule has 0 aromatic carbocycles. The molecule has 1 saturated heterocycles. The molecule has 2 fully saturated rings. The Morgan fingerprint density at radius 3 is 2.57 bits per heavy atom. The van der Waals surface area contributed by atoms with Crippen LogP contribution in [0, 0.1) is 17.8 Å². The van der Waals surface area contributed by atoms with Gasteiger partial charge in [0.1, 0.15) is 23.8 Å². The van der Waals surface area contributed by atoms with Crippen LogP contribution in [0.25, 0.3) is 22.2 Å². The van der Waals surface area contributed by atoms with Gasteiger partial charge in [-0.05, 0) is 51.3 Å². The lowest BCUT2D eigenvalue weighted by Gasteiger charge is -2.27. The summed E-state index contributed by atoms with van der Waals surface area (Å²) in [6.45, 7) is 7.56. The van der Waals surface area contributed by atoms with Gasteiger partial charge in [-0.25, -0.2) is 9.97 Å². The van der Waals surface area contributed by atoms with Gasteiger partial charge in [-0.2, -0.15) is 13.9 Å². The fraction of sp³-hybridized carbons (Fsp3) is 0.447. The second kappa shape index (κ2) is 13.3. The second-order valence-corrected chi connectivity index (χ2v) is 14.9. The predicted molar refractivity (Wildman–Crippen MR) is 187 cm³/mol. The van der Waals surface area contributed by atoms with Gasteiger partial charge in [0.25, 0.3) is 5.92 Å². The predicted octanol–water partition coefficient (Wildman–Crippen LogP) is 4.31. The highest BCUT2D eigenvalue weighted by atomic mass is 19.3. The maximum absolute atomic E-state index is 14.4. The van der Waals surface area contributed by atoms with E-state index in [0.717, 1.165) is 6.92 Å². The smallest absolute Gasteiger partial charge is 0.286 e. The van der Waals surface area contributed by atoms with Crippen LogP contribution in [0.3, 0.4) is 0 Å².